The molecular weight excluding hydrogens is 378 g/mol. The number of aromatic nitrogens is 2. The molecule has 0 aliphatic heterocycles. The highest BCUT2D eigenvalue weighted by atomic mass is 32.1. The van der Waals surface area contributed by atoms with E-state index in [0.29, 0.717) is 34.5 Å². The molecule has 0 aliphatic rings. The first kappa shape index (κ1) is 19.9. The Balaban J connectivity index is 1.86. The second-order valence-corrected chi connectivity index (χ2v) is 7.31. The van der Waals surface area contributed by atoms with Gasteiger partial charge in [-0.1, -0.05) is 0 Å². The Morgan fingerprint density at radius 1 is 1.04 bits per heavy atom. The molecule has 0 saturated heterocycles. The highest BCUT2D eigenvalue weighted by Gasteiger charge is 2.19. The van der Waals surface area contributed by atoms with Crippen LogP contribution in [0.2, 0.25) is 0 Å². The van der Waals surface area contributed by atoms with Gasteiger partial charge in [0.05, 0.1) is 26.2 Å². The molecule has 0 aliphatic carbocycles. The predicted octanol–water partition coefficient (Wildman–Crippen LogP) is 3.57. The molecule has 148 valence electrons. The van der Waals surface area contributed by atoms with Crippen molar-refractivity contribution in [3.63, 3.8) is 0 Å². The topological polar surface area (TPSA) is 82.6 Å². The molecule has 1 amide bonds. The van der Waals surface area contributed by atoms with Gasteiger partial charge < -0.3 is 19.5 Å². The normalized spacial score (nSPS) is 10.8. The van der Waals surface area contributed by atoms with E-state index in [1.165, 1.54) is 11.3 Å². The minimum absolute atomic E-state index is 0.147. The predicted molar refractivity (Wildman–Crippen MR) is 109 cm³/mol. The van der Waals surface area contributed by atoms with E-state index in [-0.39, 0.29) is 5.91 Å². The van der Waals surface area contributed by atoms with Crippen molar-refractivity contribution in [2.24, 2.45) is 0 Å². The molecule has 7 nitrogen and oxygen atoms in total. The molecule has 0 radical (unpaired) electrons. The van der Waals surface area contributed by atoms with Crippen LogP contribution in [-0.2, 0) is 6.54 Å². The zero-order valence-corrected chi connectivity index (χ0v) is 17.6. The lowest BCUT2D eigenvalue weighted by Crippen LogP contribution is -2.22. The third-order valence-corrected chi connectivity index (χ3v) is 5.65. The average molecular weight is 401 g/mol. The quantitative estimate of drug-likeness (QED) is 0.680. The lowest BCUT2D eigenvalue weighted by atomic mass is 10.1. The Labute approximate surface area is 167 Å². The number of aryl methyl sites for hydroxylation is 3. The molecule has 28 heavy (non-hydrogen) atoms. The van der Waals surface area contributed by atoms with E-state index in [1.807, 2.05) is 32.9 Å². The smallest absolute Gasteiger partial charge is 0.261 e. The van der Waals surface area contributed by atoms with E-state index in [2.05, 4.69) is 15.3 Å². The second kappa shape index (κ2) is 8.02. The van der Waals surface area contributed by atoms with Gasteiger partial charge in [-0.15, -0.1) is 11.3 Å². The minimum atomic E-state index is -0.147. The van der Waals surface area contributed by atoms with E-state index in [0.717, 1.165) is 27.0 Å². The van der Waals surface area contributed by atoms with Gasteiger partial charge in [0.25, 0.3) is 5.91 Å². The third kappa shape index (κ3) is 3.60. The summed E-state index contributed by atoms with van der Waals surface area (Å²) in [7, 11) is 4.68. The number of hydrogen-bond acceptors (Lipinski definition) is 7. The summed E-state index contributed by atoms with van der Waals surface area (Å²) in [5, 5.41) is 3.91. The Bertz CT molecular complexity index is 1020. The Morgan fingerprint density at radius 2 is 1.68 bits per heavy atom. The number of carbonyl (C=O) groups excluding carboxylic acids is 1. The number of nitrogens with one attached hydrogen (secondary N) is 1. The first-order valence-corrected chi connectivity index (χ1v) is 9.52. The molecule has 0 saturated carbocycles. The Hall–Kier alpha value is -2.87. The zero-order valence-electron chi connectivity index (χ0n) is 16.8. The van der Waals surface area contributed by atoms with Crippen LogP contribution in [0.3, 0.4) is 0 Å². The standard InChI is InChI=1S/C20H23N3O4S/c1-10-16-11(2)22-12(3)23-20(16)28-18(10)19(24)21-9-13-7-14(25-4)17(27-6)15(8-13)26-5/h7-8H,9H2,1-6H3,(H,21,24). The SMILES string of the molecule is COc1cc(CNC(=O)c2sc3nc(C)nc(C)c3c2C)cc(OC)c1OC. The van der Waals surface area contributed by atoms with Gasteiger partial charge in [-0.25, -0.2) is 9.97 Å². The molecule has 2 heterocycles. The highest BCUT2D eigenvalue weighted by Crippen LogP contribution is 2.38. The number of ether oxygens (including phenoxy) is 3. The van der Waals surface area contributed by atoms with Crippen LogP contribution >= 0.6 is 11.3 Å². The van der Waals surface area contributed by atoms with Crippen molar-refractivity contribution in [1.29, 1.82) is 0 Å². The van der Waals surface area contributed by atoms with Crippen LogP contribution in [0.15, 0.2) is 12.1 Å². The number of amides is 1. The van der Waals surface area contributed by atoms with E-state index in [4.69, 9.17) is 14.2 Å². The van der Waals surface area contributed by atoms with Crippen molar-refractivity contribution in [3.8, 4) is 17.2 Å². The van der Waals surface area contributed by atoms with Crippen LogP contribution in [0, 0.1) is 20.8 Å². The number of carbonyl (C=O) groups is 1. The van der Waals surface area contributed by atoms with Crippen molar-refractivity contribution < 1.29 is 19.0 Å². The number of hydrogen-bond donors (Lipinski definition) is 1. The first-order chi connectivity index (χ1) is 13.4. The highest BCUT2D eigenvalue weighted by molar-refractivity contribution is 7.20. The number of fused-ring (bicyclic) bond motifs is 1. The maximum absolute atomic E-state index is 12.8. The van der Waals surface area contributed by atoms with E-state index >= 15 is 0 Å². The fraction of sp³-hybridized carbons (Fsp3) is 0.350. The molecule has 0 bridgehead atoms. The maximum Gasteiger partial charge on any atom is 0.261 e. The lowest BCUT2D eigenvalue weighted by molar-refractivity contribution is 0.0954. The first-order valence-electron chi connectivity index (χ1n) is 8.71. The van der Waals surface area contributed by atoms with Crippen LogP contribution in [-0.4, -0.2) is 37.2 Å². The second-order valence-electron chi connectivity index (χ2n) is 6.31. The van der Waals surface area contributed by atoms with Crippen LogP contribution in [0.25, 0.3) is 10.2 Å². The number of rotatable bonds is 6. The zero-order chi connectivity index (χ0) is 20.4. The molecular formula is C20H23N3O4S. The Kier molecular flexibility index (Phi) is 5.69. The monoisotopic (exact) mass is 401 g/mol. The van der Waals surface area contributed by atoms with Crippen LogP contribution < -0.4 is 19.5 Å². The van der Waals surface area contributed by atoms with Crippen molar-refractivity contribution in [1.82, 2.24) is 15.3 Å². The van der Waals surface area contributed by atoms with Crippen LogP contribution in [0.1, 0.15) is 32.3 Å². The summed E-state index contributed by atoms with van der Waals surface area (Å²) in [6.07, 6.45) is 0. The van der Waals surface area contributed by atoms with Crippen molar-refractivity contribution in [2.45, 2.75) is 27.3 Å². The fourth-order valence-electron chi connectivity index (χ4n) is 3.19. The number of benzene rings is 1. The van der Waals surface area contributed by atoms with E-state index in [1.54, 1.807) is 21.3 Å². The molecule has 2 aromatic heterocycles. The number of nitrogens with zero attached hydrogens (tertiary/aromatic N) is 2. The average Bonchev–Trinajstić information content (AvgIpc) is 3.01. The third-order valence-electron chi connectivity index (χ3n) is 4.47. The minimum Gasteiger partial charge on any atom is -0.493 e. The molecule has 0 fully saturated rings. The van der Waals surface area contributed by atoms with Crippen LogP contribution in [0.5, 0.6) is 17.2 Å². The van der Waals surface area contributed by atoms with Gasteiger partial charge in [0, 0.05) is 17.6 Å². The fourth-order valence-corrected chi connectivity index (χ4v) is 4.38. The van der Waals surface area contributed by atoms with Gasteiger partial charge >= 0.3 is 0 Å². The van der Waals surface area contributed by atoms with Crippen molar-refractivity contribution >= 4 is 27.5 Å². The number of thiophene rings is 1. The summed E-state index contributed by atoms with van der Waals surface area (Å²) in [4.78, 5) is 23.1. The summed E-state index contributed by atoms with van der Waals surface area (Å²) in [5.41, 5.74) is 2.63. The molecule has 8 heteroatoms. The van der Waals surface area contributed by atoms with E-state index in [9.17, 15) is 4.79 Å². The summed E-state index contributed by atoms with van der Waals surface area (Å²) in [5.74, 6) is 2.17. The van der Waals surface area contributed by atoms with E-state index < -0.39 is 0 Å². The number of methoxy groups -OCH3 is 3. The van der Waals surface area contributed by atoms with Gasteiger partial charge in [0.15, 0.2) is 11.5 Å². The summed E-state index contributed by atoms with van der Waals surface area (Å²) in [6.45, 7) is 6.05. The molecule has 0 spiro atoms. The Morgan fingerprint density at radius 3 is 2.25 bits per heavy atom. The maximum atomic E-state index is 12.8. The molecule has 1 aromatic carbocycles. The molecule has 0 unspecified atom stereocenters. The van der Waals surface area contributed by atoms with Gasteiger partial charge in [0.2, 0.25) is 5.75 Å². The summed E-state index contributed by atoms with van der Waals surface area (Å²) in [6, 6.07) is 3.64. The molecule has 1 N–H and O–H groups in total. The molecule has 3 aromatic rings. The van der Waals surface area contributed by atoms with Crippen LogP contribution in [0.4, 0.5) is 0 Å². The van der Waals surface area contributed by atoms with Crippen molar-refractivity contribution in [3.05, 3.63) is 39.7 Å². The van der Waals surface area contributed by atoms with Crippen molar-refractivity contribution in [2.75, 3.05) is 21.3 Å². The largest absolute Gasteiger partial charge is 0.493 e. The lowest BCUT2D eigenvalue weighted by Gasteiger charge is -2.14. The van der Waals surface area contributed by atoms with Gasteiger partial charge in [-0.05, 0) is 44.0 Å². The van der Waals surface area contributed by atoms with Gasteiger partial charge in [-0.2, -0.15) is 0 Å². The van der Waals surface area contributed by atoms with Gasteiger partial charge in [-0.3, -0.25) is 4.79 Å². The molecule has 3 rings (SSSR count). The summed E-state index contributed by atoms with van der Waals surface area (Å²) >= 11 is 1.38. The molecule has 0 atom stereocenters. The van der Waals surface area contributed by atoms with Gasteiger partial charge in [0.1, 0.15) is 10.7 Å². The summed E-state index contributed by atoms with van der Waals surface area (Å²) < 4.78 is 16.1.